The topological polar surface area (TPSA) is 69.2 Å². The van der Waals surface area contributed by atoms with E-state index in [0.29, 0.717) is 30.4 Å². The molecule has 6 nitrogen and oxygen atoms in total. The first-order valence-corrected chi connectivity index (χ1v) is 7.63. The lowest BCUT2D eigenvalue weighted by Gasteiger charge is -2.18. The minimum atomic E-state index is -0.323. The van der Waals surface area contributed by atoms with Crippen LogP contribution in [0.25, 0.3) is 0 Å². The number of hydrogen-bond acceptors (Lipinski definition) is 5. The molecule has 0 atom stereocenters. The molecule has 0 bridgehead atoms. The molecule has 3 rings (SSSR count). The Balaban J connectivity index is 1.56. The van der Waals surface area contributed by atoms with E-state index in [9.17, 15) is 4.79 Å². The van der Waals surface area contributed by atoms with E-state index in [1.807, 2.05) is 43.3 Å². The molecule has 1 heterocycles. The second-order valence-corrected chi connectivity index (χ2v) is 5.19. The molecular formula is C18H18N2O4. The third kappa shape index (κ3) is 4.04. The number of para-hydroxylation sites is 1. The van der Waals surface area contributed by atoms with Crippen LogP contribution in [-0.4, -0.2) is 31.4 Å². The zero-order valence-corrected chi connectivity index (χ0v) is 13.3. The maximum absolute atomic E-state index is 11.8. The second kappa shape index (κ2) is 7.50. The fraction of sp³-hybridized carbons (Fsp3) is 0.222. The van der Waals surface area contributed by atoms with Gasteiger partial charge in [-0.15, -0.1) is 0 Å². The zero-order chi connectivity index (χ0) is 16.8. The van der Waals surface area contributed by atoms with Crippen LogP contribution in [0.1, 0.15) is 12.5 Å². The molecule has 0 unspecified atom stereocenters. The van der Waals surface area contributed by atoms with Crippen molar-refractivity contribution >= 4 is 11.6 Å². The predicted octanol–water partition coefficient (Wildman–Crippen LogP) is 2.38. The van der Waals surface area contributed by atoms with Crippen LogP contribution < -0.4 is 19.6 Å². The van der Waals surface area contributed by atoms with Crippen LogP contribution in [0.2, 0.25) is 0 Å². The smallest absolute Gasteiger partial charge is 0.277 e. The number of hydrazone groups is 1. The van der Waals surface area contributed by atoms with Gasteiger partial charge >= 0.3 is 0 Å². The third-order valence-electron chi connectivity index (χ3n) is 3.42. The summed E-state index contributed by atoms with van der Waals surface area (Å²) in [6.07, 6.45) is 0. The summed E-state index contributed by atoms with van der Waals surface area (Å²) in [5, 5.41) is 4.10. The molecule has 1 N–H and O–H groups in total. The predicted molar refractivity (Wildman–Crippen MR) is 89.7 cm³/mol. The van der Waals surface area contributed by atoms with E-state index in [-0.39, 0.29) is 12.5 Å². The van der Waals surface area contributed by atoms with Gasteiger partial charge in [0.15, 0.2) is 18.1 Å². The summed E-state index contributed by atoms with van der Waals surface area (Å²) in [5.74, 6) is 1.72. The van der Waals surface area contributed by atoms with Gasteiger partial charge in [-0.3, -0.25) is 4.79 Å². The molecule has 0 fully saturated rings. The summed E-state index contributed by atoms with van der Waals surface area (Å²) in [6, 6.07) is 14.7. The van der Waals surface area contributed by atoms with E-state index < -0.39 is 0 Å². The van der Waals surface area contributed by atoms with Crippen LogP contribution in [0.4, 0.5) is 0 Å². The van der Waals surface area contributed by atoms with Gasteiger partial charge in [-0.1, -0.05) is 18.2 Å². The molecule has 2 aromatic carbocycles. The van der Waals surface area contributed by atoms with Crippen molar-refractivity contribution in [2.45, 2.75) is 6.92 Å². The Kier molecular flexibility index (Phi) is 4.96. The molecule has 0 saturated heterocycles. The van der Waals surface area contributed by atoms with Crippen molar-refractivity contribution < 1.29 is 19.0 Å². The van der Waals surface area contributed by atoms with E-state index in [1.54, 1.807) is 12.1 Å². The molecule has 1 amide bonds. The molecule has 124 valence electrons. The van der Waals surface area contributed by atoms with Gasteiger partial charge in [-0.05, 0) is 37.3 Å². The number of carbonyl (C=O) groups is 1. The largest absolute Gasteiger partial charge is 0.486 e. The molecule has 0 saturated carbocycles. The Morgan fingerprint density at radius 1 is 1.12 bits per heavy atom. The van der Waals surface area contributed by atoms with Gasteiger partial charge in [-0.25, -0.2) is 5.43 Å². The van der Waals surface area contributed by atoms with E-state index in [1.165, 1.54) is 0 Å². The monoisotopic (exact) mass is 326 g/mol. The van der Waals surface area contributed by atoms with Gasteiger partial charge in [0.1, 0.15) is 19.0 Å². The number of nitrogens with zero attached hydrogens (tertiary/aromatic N) is 1. The number of ether oxygens (including phenoxy) is 3. The molecule has 2 aromatic rings. The molecule has 0 aliphatic carbocycles. The first kappa shape index (κ1) is 15.9. The standard InChI is InChI=1S/C18H18N2O4/c1-13(14-7-8-16-17(11-14)23-10-9-22-16)19-20-18(21)12-24-15-5-3-2-4-6-15/h2-8,11H,9-10,12H2,1H3,(H,20,21)/b19-13-. The van der Waals surface area contributed by atoms with Crippen molar-refractivity contribution in [3.63, 3.8) is 0 Å². The van der Waals surface area contributed by atoms with Crippen molar-refractivity contribution in [2.24, 2.45) is 5.10 Å². The molecule has 0 radical (unpaired) electrons. The van der Waals surface area contributed by atoms with Crippen LogP contribution in [0.5, 0.6) is 17.2 Å². The lowest BCUT2D eigenvalue weighted by atomic mass is 10.1. The summed E-state index contributed by atoms with van der Waals surface area (Å²) < 4.78 is 16.4. The fourth-order valence-corrected chi connectivity index (χ4v) is 2.18. The van der Waals surface area contributed by atoms with Crippen molar-refractivity contribution in [1.82, 2.24) is 5.43 Å². The SMILES string of the molecule is C/C(=N/NC(=O)COc1ccccc1)c1ccc2c(c1)OCCO2. The highest BCUT2D eigenvalue weighted by Gasteiger charge is 2.12. The van der Waals surface area contributed by atoms with Gasteiger partial charge in [0.25, 0.3) is 5.91 Å². The quantitative estimate of drug-likeness (QED) is 0.676. The number of fused-ring (bicyclic) bond motifs is 1. The number of rotatable bonds is 5. The van der Waals surface area contributed by atoms with Gasteiger partial charge < -0.3 is 14.2 Å². The van der Waals surface area contributed by atoms with E-state index in [2.05, 4.69) is 10.5 Å². The zero-order valence-electron chi connectivity index (χ0n) is 13.3. The maximum atomic E-state index is 11.8. The Bertz CT molecular complexity index is 744. The first-order chi connectivity index (χ1) is 11.7. The Hall–Kier alpha value is -3.02. The minimum Gasteiger partial charge on any atom is -0.486 e. The minimum absolute atomic E-state index is 0.0953. The average Bonchev–Trinajstić information content (AvgIpc) is 2.65. The highest BCUT2D eigenvalue weighted by Crippen LogP contribution is 2.30. The van der Waals surface area contributed by atoms with Crippen LogP contribution in [0.3, 0.4) is 0 Å². The molecule has 6 heteroatoms. The maximum Gasteiger partial charge on any atom is 0.277 e. The molecule has 0 aromatic heterocycles. The molecular weight excluding hydrogens is 308 g/mol. The average molecular weight is 326 g/mol. The van der Waals surface area contributed by atoms with Gasteiger partial charge in [0.2, 0.25) is 0 Å². The lowest BCUT2D eigenvalue weighted by Crippen LogP contribution is -2.25. The third-order valence-corrected chi connectivity index (χ3v) is 3.42. The van der Waals surface area contributed by atoms with Crippen LogP contribution in [0.15, 0.2) is 53.6 Å². The van der Waals surface area contributed by atoms with Gasteiger partial charge in [0.05, 0.1) is 5.71 Å². The van der Waals surface area contributed by atoms with Crippen LogP contribution in [0, 0.1) is 0 Å². The van der Waals surface area contributed by atoms with E-state index in [0.717, 1.165) is 11.3 Å². The van der Waals surface area contributed by atoms with Crippen LogP contribution in [-0.2, 0) is 4.79 Å². The highest BCUT2D eigenvalue weighted by atomic mass is 16.6. The molecule has 1 aliphatic rings. The van der Waals surface area contributed by atoms with E-state index in [4.69, 9.17) is 14.2 Å². The Morgan fingerprint density at radius 3 is 2.67 bits per heavy atom. The molecule has 1 aliphatic heterocycles. The summed E-state index contributed by atoms with van der Waals surface area (Å²) in [5.41, 5.74) is 4.00. The number of benzene rings is 2. The summed E-state index contributed by atoms with van der Waals surface area (Å²) >= 11 is 0. The second-order valence-electron chi connectivity index (χ2n) is 5.19. The van der Waals surface area contributed by atoms with Crippen LogP contribution >= 0.6 is 0 Å². The normalized spacial score (nSPS) is 13.3. The lowest BCUT2D eigenvalue weighted by molar-refractivity contribution is -0.123. The molecule has 0 spiro atoms. The summed E-state index contributed by atoms with van der Waals surface area (Å²) in [6.45, 7) is 2.79. The number of amides is 1. The summed E-state index contributed by atoms with van der Waals surface area (Å²) in [4.78, 5) is 11.8. The van der Waals surface area contributed by atoms with Crippen molar-refractivity contribution in [2.75, 3.05) is 19.8 Å². The van der Waals surface area contributed by atoms with Gasteiger partial charge in [-0.2, -0.15) is 5.10 Å². The molecule has 24 heavy (non-hydrogen) atoms. The number of hydrogen-bond donors (Lipinski definition) is 1. The van der Waals surface area contributed by atoms with E-state index >= 15 is 0 Å². The number of nitrogens with one attached hydrogen (secondary N) is 1. The highest BCUT2D eigenvalue weighted by molar-refractivity contribution is 5.99. The Labute approximate surface area is 140 Å². The fourth-order valence-electron chi connectivity index (χ4n) is 2.18. The van der Waals surface area contributed by atoms with Crippen molar-refractivity contribution in [3.8, 4) is 17.2 Å². The van der Waals surface area contributed by atoms with Crippen molar-refractivity contribution in [3.05, 3.63) is 54.1 Å². The van der Waals surface area contributed by atoms with Crippen molar-refractivity contribution in [1.29, 1.82) is 0 Å². The first-order valence-electron chi connectivity index (χ1n) is 7.63. The Morgan fingerprint density at radius 2 is 1.88 bits per heavy atom. The van der Waals surface area contributed by atoms with Gasteiger partial charge in [0, 0.05) is 5.56 Å². The number of carbonyl (C=O) groups excluding carboxylic acids is 1. The summed E-state index contributed by atoms with van der Waals surface area (Å²) in [7, 11) is 0.